The standard InChI is InChI=1S/C22H22FN3O3/c1-25-13-18-20(14-25)24-26(22(18)17-7-2-3-8-19(17)23)12-15-5-4-6-16(11-15)29-10-9-21(27)28/h2-8,11H,9-10,12-14H2,1H3,(H,27,28). The lowest BCUT2D eigenvalue weighted by Crippen LogP contribution is -2.13. The van der Waals surface area contributed by atoms with Crippen molar-refractivity contribution in [3.63, 3.8) is 0 Å². The van der Waals surface area contributed by atoms with E-state index in [2.05, 4.69) is 4.90 Å². The minimum Gasteiger partial charge on any atom is -0.493 e. The van der Waals surface area contributed by atoms with Gasteiger partial charge in [-0.2, -0.15) is 5.10 Å². The van der Waals surface area contributed by atoms with Crippen molar-refractivity contribution in [3.8, 4) is 17.0 Å². The Morgan fingerprint density at radius 3 is 2.83 bits per heavy atom. The molecule has 0 saturated heterocycles. The van der Waals surface area contributed by atoms with Crippen molar-refractivity contribution in [1.29, 1.82) is 0 Å². The molecule has 6 nitrogen and oxygen atoms in total. The number of halogens is 1. The van der Waals surface area contributed by atoms with Crippen LogP contribution in [-0.2, 0) is 24.4 Å². The topological polar surface area (TPSA) is 67.6 Å². The number of carboxylic acid groups (broad SMARTS) is 1. The van der Waals surface area contributed by atoms with E-state index in [1.54, 1.807) is 18.2 Å². The van der Waals surface area contributed by atoms with Crippen molar-refractivity contribution >= 4 is 5.97 Å². The zero-order chi connectivity index (χ0) is 20.4. The quantitative estimate of drug-likeness (QED) is 0.663. The maximum Gasteiger partial charge on any atom is 0.306 e. The summed E-state index contributed by atoms with van der Waals surface area (Å²) in [5.41, 5.74) is 4.33. The van der Waals surface area contributed by atoms with Gasteiger partial charge in [0.15, 0.2) is 0 Å². The molecule has 1 aliphatic rings. The van der Waals surface area contributed by atoms with Crippen LogP contribution in [0.4, 0.5) is 4.39 Å². The number of ether oxygens (including phenoxy) is 1. The van der Waals surface area contributed by atoms with Crippen molar-refractivity contribution < 1.29 is 19.0 Å². The van der Waals surface area contributed by atoms with Gasteiger partial charge in [-0.25, -0.2) is 4.39 Å². The van der Waals surface area contributed by atoms with Crippen LogP contribution in [0.25, 0.3) is 11.3 Å². The Morgan fingerprint density at radius 2 is 2.03 bits per heavy atom. The van der Waals surface area contributed by atoms with E-state index in [1.165, 1.54) is 6.07 Å². The number of hydrogen-bond acceptors (Lipinski definition) is 4. The lowest BCUT2D eigenvalue weighted by atomic mass is 10.1. The van der Waals surface area contributed by atoms with Gasteiger partial charge < -0.3 is 9.84 Å². The van der Waals surface area contributed by atoms with Gasteiger partial charge in [-0.05, 0) is 36.9 Å². The summed E-state index contributed by atoms with van der Waals surface area (Å²) in [6.45, 7) is 2.05. The third-order valence-electron chi connectivity index (χ3n) is 4.93. The zero-order valence-electron chi connectivity index (χ0n) is 16.1. The molecule has 1 aromatic heterocycles. The number of aliphatic carboxylic acids is 1. The monoisotopic (exact) mass is 395 g/mol. The van der Waals surface area contributed by atoms with Gasteiger partial charge in [-0.15, -0.1) is 0 Å². The molecule has 1 aliphatic heterocycles. The summed E-state index contributed by atoms with van der Waals surface area (Å²) < 4.78 is 22.0. The molecule has 0 fully saturated rings. The number of carboxylic acids is 1. The Labute approximate surface area is 168 Å². The number of rotatable bonds is 7. The van der Waals surface area contributed by atoms with Crippen molar-refractivity contribution in [1.82, 2.24) is 14.7 Å². The van der Waals surface area contributed by atoms with Gasteiger partial charge in [0.1, 0.15) is 11.6 Å². The molecule has 7 heteroatoms. The maximum absolute atomic E-state index is 14.6. The van der Waals surface area contributed by atoms with Crippen LogP contribution in [0.5, 0.6) is 5.75 Å². The highest BCUT2D eigenvalue weighted by Gasteiger charge is 2.27. The van der Waals surface area contributed by atoms with Gasteiger partial charge in [0.25, 0.3) is 0 Å². The zero-order valence-corrected chi connectivity index (χ0v) is 16.1. The molecular weight excluding hydrogens is 373 g/mol. The second kappa shape index (κ2) is 8.05. The molecule has 3 aromatic rings. The molecule has 4 rings (SSSR count). The van der Waals surface area contributed by atoms with E-state index in [-0.39, 0.29) is 18.8 Å². The lowest BCUT2D eigenvalue weighted by Gasteiger charge is -2.14. The number of fused-ring (bicyclic) bond motifs is 1. The minimum atomic E-state index is -0.897. The van der Waals surface area contributed by atoms with Gasteiger partial charge in [0.05, 0.1) is 31.0 Å². The second-order valence-corrected chi connectivity index (χ2v) is 7.22. The highest BCUT2D eigenvalue weighted by atomic mass is 19.1. The summed E-state index contributed by atoms with van der Waals surface area (Å²) >= 11 is 0. The normalized spacial score (nSPS) is 13.4. The molecule has 0 radical (unpaired) electrons. The number of carbonyl (C=O) groups is 1. The molecule has 0 aliphatic carbocycles. The fraction of sp³-hybridized carbons (Fsp3) is 0.273. The van der Waals surface area contributed by atoms with E-state index in [4.69, 9.17) is 14.9 Å². The van der Waals surface area contributed by atoms with Crippen LogP contribution in [0, 0.1) is 5.82 Å². The summed E-state index contributed by atoms with van der Waals surface area (Å²) in [7, 11) is 2.02. The van der Waals surface area contributed by atoms with Crippen LogP contribution in [0.3, 0.4) is 0 Å². The molecule has 0 atom stereocenters. The first kappa shape index (κ1) is 19.1. The summed E-state index contributed by atoms with van der Waals surface area (Å²) in [5, 5.41) is 13.5. The first-order chi connectivity index (χ1) is 14.0. The van der Waals surface area contributed by atoms with Crippen molar-refractivity contribution in [2.24, 2.45) is 0 Å². The SMILES string of the molecule is CN1Cc2nn(Cc3cccc(OCCC(=O)O)c3)c(-c3ccccc3F)c2C1. The molecule has 2 heterocycles. The summed E-state index contributed by atoms with van der Waals surface area (Å²) in [6, 6.07) is 14.2. The number of benzene rings is 2. The number of aromatic nitrogens is 2. The molecule has 0 saturated carbocycles. The Hall–Kier alpha value is -3.19. The molecule has 2 aromatic carbocycles. The van der Waals surface area contributed by atoms with Crippen molar-refractivity contribution in [2.45, 2.75) is 26.1 Å². The van der Waals surface area contributed by atoms with E-state index < -0.39 is 5.97 Å². The average molecular weight is 395 g/mol. The highest BCUT2D eigenvalue weighted by Crippen LogP contribution is 2.34. The molecule has 1 N–H and O–H groups in total. The van der Waals surface area contributed by atoms with Gasteiger partial charge in [-0.1, -0.05) is 24.3 Å². The fourth-order valence-corrected chi connectivity index (χ4v) is 3.66. The summed E-state index contributed by atoms with van der Waals surface area (Å²) in [6.07, 6.45) is -0.0545. The van der Waals surface area contributed by atoms with Gasteiger partial charge >= 0.3 is 5.97 Å². The van der Waals surface area contributed by atoms with E-state index in [0.29, 0.717) is 17.9 Å². The Kier molecular flexibility index (Phi) is 5.31. The van der Waals surface area contributed by atoms with E-state index in [0.717, 1.165) is 35.6 Å². The lowest BCUT2D eigenvalue weighted by molar-refractivity contribution is -0.137. The Morgan fingerprint density at radius 1 is 1.21 bits per heavy atom. The number of nitrogens with zero attached hydrogens (tertiary/aromatic N) is 3. The van der Waals surface area contributed by atoms with Crippen LogP contribution < -0.4 is 4.74 Å². The maximum atomic E-state index is 14.6. The van der Waals surface area contributed by atoms with Crippen LogP contribution in [0.2, 0.25) is 0 Å². The van der Waals surface area contributed by atoms with E-state index >= 15 is 0 Å². The van der Waals surface area contributed by atoms with Crippen LogP contribution in [-0.4, -0.2) is 39.4 Å². The first-order valence-electron chi connectivity index (χ1n) is 9.47. The van der Waals surface area contributed by atoms with Crippen LogP contribution in [0.1, 0.15) is 23.2 Å². The highest BCUT2D eigenvalue weighted by molar-refractivity contribution is 5.67. The molecule has 150 valence electrons. The second-order valence-electron chi connectivity index (χ2n) is 7.22. The predicted molar refractivity (Wildman–Crippen MR) is 106 cm³/mol. The number of hydrogen-bond donors (Lipinski definition) is 1. The molecule has 0 unspecified atom stereocenters. The predicted octanol–water partition coefficient (Wildman–Crippen LogP) is 3.54. The fourth-order valence-electron chi connectivity index (χ4n) is 3.66. The molecule has 29 heavy (non-hydrogen) atoms. The summed E-state index contributed by atoms with van der Waals surface area (Å²) in [5.74, 6) is -0.556. The molecule has 0 bridgehead atoms. The van der Waals surface area contributed by atoms with Crippen molar-refractivity contribution in [2.75, 3.05) is 13.7 Å². The van der Waals surface area contributed by atoms with Crippen LogP contribution >= 0.6 is 0 Å². The molecular formula is C22H22FN3O3. The van der Waals surface area contributed by atoms with E-state index in [1.807, 2.05) is 36.0 Å². The van der Waals surface area contributed by atoms with E-state index in [9.17, 15) is 9.18 Å². The van der Waals surface area contributed by atoms with Gasteiger partial charge in [0.2, 0.25) is 0 Å². The Balaban J connectivity index is 1.64. The van der Waals surface area contributed by atoms with Gasteiger partial charge in [0, 0.05) is 24.2 Å². The van der Waals surface area contributed by atoms with Gasteiger partial charge in [-0.3, -0.25) is 14.4 Å². The molecule has 0 amide bonds. The summed E-state index contributed by atoms with van der Waals surface area (Å²) in [4.78, 5) is 12.8. The van der Waals surface area contributed by atoms with Crippen LogP contribution in [0.15, 0.2) is 48.5 Å². The average Bonchev–Trinajstić information content (AvgIpc) is 3.18. The largest absolute Gasteiger partial charge is 0.493 e. The first-order valence-corrected chi connectivity index (χ1v) is 9.47. The smallest absolute Gasteiger partial charge is 0.306 e. The van der Waals surface area contributed by atoms with Crippen molar-refractivity contribution in [3.05, 3.63) is 71.2 Å². The third-order valence-corrected chi connectivity index (χ3v) is 4.93. The molecule has 0 spiro atoms. The Bertz CT molecular complexity index is 1050. The third kappa shape index (κ3) is 4.14. The minimum absolute atomic E-state index is 0.0545.